The van der Waals surface area contributed by atoms with Crippen molar-refractivity contribution in [1.29, 1.82) is 0 Å². The topological polar surface area (TPSA) is 89.8 Å². The van der Waals surface area contributed by atoms with Gasteiger partial charge in [-0.15, -0.1) is 13.2 Å². The second kappa shape index (κ2) is 7.55. The third-order valence-corrected chi connectivity index (χ3v) is 4.18. The Kier molecular flexibility index (Phi) is 5.32. The quantitative estimate of drug-likeness (QED) is 0.825. The minimum absolute atomic E-state index is 0.00310. The molecule has 0 unspecified atom stereocenters. The van der Waals surface area contributed by atoms with Crippen molar-refractivity contribution < 1.29 is 32.5 Å². The van der Waals surface area contributed by atoms with Crippen molar-refractivity contribution in [2.75, 3.05) is 13.2 Å². The molecule has 2 heterocycles. The Morgan fingerprint density at radius 3 is 2.61 bits per heavy atom. The van der Waals surface area contributed by atoms with Gasteiger partial charge >= 0.3 is 6.36 Å². The summed E-state index contributed by atoms with van der Waals surface area (Å²) in [5, 5.41) is 12.9. The number of carbonyl (C=O) groups is 1. The van der Waals surface area contributed by atoms with E-state index in [9.17, 15) is 27.9 Å². The van der Waals surface area contributed by atoms with Crippen molar-refractivity contribution in [2.24, 2.45) is 0 Å². The lowest BCUT2D eigenvalue weighted by molar-refractivity contribution is -0.274. The Balaban J connectivity index is 2.16. The lowest BCUT2D eigenvalue weighted by Gasteiger charge is -2.24. The van der Waals surface area contributed by atoms with Gasteiger partial charge in [-0.1, -0.05) is 0 Å². The standard InChI is InChI=1S/C18H17F3N2O5/c1-2-22-16(25)14-15(24)12-9-27-8-7-13(12)23(17(14)26)10-3-5-11(6-4-10)28-18(19,20)21/h3-6,24H,2,7-9H2,1H3,(H,22,25). The van der Waals surface area contributed by atoms with Crippen molar-refractivity contribution in [3.63, 3.8) is 0 Å². The van der Waals surface area contributed by atoms with Crippen LogP contribution < -0.4 is 15.6 Å². The van der Waals surface area contributed by atoms with E-state index in [1.165, 1.54) is 16.7 Å². The summed E-state index contributed by atoms with van der Waals surface area (Å²) < 4.78 is 47.4. The molecule has 28 heavy (non-hydrogen) atoms. The number of pyridine rings is 1. The summed E-state index contributed by atoms with van der Waals surface area (Å²) in [4.78, 5) is 25.3. The molecule has 0 saturated carbocycles. The van der Waals surface area contributed by atoms with Crippen LogP contribution in [0, 0.1) is 0 Å². The molecular weight excluding hydrogens is 381 g/mol. The smallest absolute Gasteiger partial charge is 0.506 e. The summed E-state index contributed by atoms with van der Waals surface area (Å²) >= 11 is 0. The fourth-order valence-corrected chi connectivity index (χ4v) is 3.04. The summed E-state index contributed by atoms with van der Waals surface area (Å²) in [6.07, 6.45) is -4.55. The molecule has 1 aliphatic heterocycles. The molecule has 0 saturated heterocycles. The van der Waals surface area contributed by atoms with Gasteiger partial charge in [0.2, 0.25) is 0 Å². The minimum atomic E-state index is -4.83. The summed E-state index contributed by atoms with van der Waals surface area (Å²) in [5.74, 6) is -1.63. The van der Waals surface area contributed by atoms with Crippen LogP contribution >= 0.6 is 0 Å². The van der Waals surface area contributed by atoms with Crippen LogP contribution in [0.3, 0.4) is 0 Å². The second-order valence-corrected chi connectivity index (χ2v) is 5.99. The van der Waals surface area contributed by atoms with Crippen LogP contribution in [-0.2, 0) is 17.8 Å². The number of nitrogens with zero attached hydrogens (tertiary/aromatic N) is 1. The molecule has 7 nitrogen and oxygen atoms in total. The second-order valence-electron chi connectivity index (χ2n) is 5.99. The first-order valence-corrected chi connectivity index (χ1v) is 8.44. The van der Waals surface area contributed by atoms with Gasteiger partial charge in [-0.2, -0.15) is 0 Å². The molecule has 3 rings (SSSR count). The highest BCUT2D eigenvalue weighted by Gasteiger charge is 2.31. The number of ether oxygens (including phenoxy) is 2. The maximum absolute atomic E-state index is 13.0. The Morgan fingerprint density at radius 1 is 1.32 bits per heavy atom. The molecule has 2 aromatic rings. The largest absolute Gasteiger partial charge is 0.573 e. The van der Waals surface area contributed by atoms with Gasteiger partial charge < -0.3 is 19.9 Å². The minimum Gasteiger partial charge on any atom is -0.506 e. The van der Waals surface area contributed by atoms with Gasteiger partial charge in [0.25, 0.3) is 11.5 Å². The Labute approximate surface area is 157 Å². The SMILES string of the molecule is CCNC(=O)c1c(O)c2c(n(-c3ccc(OC(F)(F)F)cc3)c1=O)CCOC2. The molecule has 0 atom stereocenters. The van der Waals surface area contributed by atoms with Crippen LogP contribution in [0.15, 0.2) is 29.1 Å². The molecule has 1 aromatic heterocycles. The van der Waals surface area contributed by atoms with Crippen LogP contribution in [0.1, 0.15) is 28.5 Å². The van der Waals surface area contributed by atoms with E-state index < -0.39 is 34.9 Å². The molecule has 0 spiro atoms. The zero-order chi connectivity index (χ0) is 20.5. The van der Waals surface area contributed by atoms with Crippen molar-refractivity contribution in [3.8, 4) is 17.2 Å². The van der Waals surface area contributed by atoms with Crippen molar-refractivity contribution >= 4 is 5.91 Å². The first-order chi connectivity index (χ1) is 13.2. The number of fused-ring (bicyclic) bond motifs is 1. The number of halogens is 3. The first-order valence-electron chi connectivity index (χ1n) is 8.44. The van der Waals surface area contributed by atoms with E-state index >= 15 is 0 Å². The number of nitrogens with one attached hydrogen (secondary N) is 1. The Bertz CT molecular complexity index is 952. The number of aromatic nitrogens is 1. The predicted octanol–water partition coefficient (Wildman–Crippen LogP) is 2.26. The van der Waals surface area contributed by atoms with Gasteiger partial charge in [0.1, 0.15) is 17.1 Å². The fraction of sp³-hybridized carbons (Fsp3) is 0.333. The number of rotatable bonds is 4. The molecular formula is C18H17F3N2O5. The third-order valence-electron chi connectivity index (χ3n) is 4.18. The number of hydrogen-bond donors (Lipinski definition) is 2. The molecule has 0 bridgehead atoms. The van der Waals surface area contributed by atoms with E-state index in [1.54, 1.807) is 6.92 Å². The monoisotopic (exact) mass is 398 g/mol. The van der Waals surface area contributed by atoms with Gasteiger partial charge in [-0.05, 0) is 31.2 Å². The van der Waals surface area contributed by atoms with Crippen molar-refractivity contribution in [3.05, 3.63) is 51.4 Å². The van der Waals surface area contributed by atoms with Crippen LogP contribution in [0.5, 0.6) is 11.5 Å². The summed E-state index contributed by atoms with van der Waals surface area (Å²) in [6.45, 7) is 2.20. The molecule has 0 aliphatic carbocycles. The average Bonchev–Trinajstić information content (AvgIpc) is 2.62. The predicted molar refractivity (Wildman–Crippen MR) is 91.8 cm³/mol. The van der Waals surface area contributed by atoms with Crippen LogP contribution in [0.4, 0.5) is 13.2 Å². The van der Waals surface area contributed by atoms with E-state index in [0.717, 1.165) is 12.1 Å². The van der Waals surface area contributed by atoms with Crippen LogP contribution in [0.25, 0.3) is 5.69 Å². The highest BCUT2D eigenvalue weighted by molar-refractivity contribution is 5.97. The number of alkyl halides is 3. The van der Waals surface area contributed by atoms with Gasteiger partial charge in [-0.3, -0.25) is 14.2 Å². The molecule has 1 amide bonds. The summed E-state index contributed by atoms with van der Waals surface area (Å²) in [7, 11) is 0. The van der Waals surface area contributed by atoms with E-state index in [0.29, 0.717) is 17.9 Å². The molecule has 150 valence electrons. The van der Waals surface area contributed by atoms with Gasteiger partial charge in [0.15, 0.2) is 0 Å². The first kappa shape index (κ1) is 19.7. The number of amides is 1. The lowest BCUT2D eigenvalue weighted by Crippen LogP contribution is -2.36. The number of carbonyl (C=O) groups excluding carboxylic acids is 1. The van der Waals surface area contributed by atoms with Crippen LogP contribution in [0.2, 0.25) is 0 Å². The maximum Gasteiger partial charge on any atom is 0.573 e. The summed E-state index contributed by atoms with van der Waals surface area (Å²) in [6, 6.07) is 4.69. The molecule has 0 radical (unpaired) electrons. The van der Waals surface area contributed by atoms with E-state index in [-0.39, 0.29) is 25.3 Å². The van der Waals surface area contributed by atoms with Crippen LogP contribution in [-0.4, -0.2) is 35.1 Å². The van der Waals surface area contributed by atoms with Crippen molar-refractivity contribution in [2.45, 2.75) is 26.3 Å². The lowest BCUT2D eigenvalue weighted by atomic mass is 10.0. The fourth-order valence-electron chi connectivity index (χ4n) is 3.04. The van der Waals surface area contributed by atoms with Gasteiger partial charge in [0.05, 0.1) is 13.2 Å². The zero-order valence-corrected chi connectivity index (χ0v) is 14.8. The molecule has 1 aromatic carbocycles. The van der Waals surface area contributed by atoms with Gasteiger partial charge in [0, 0.05) is 29.9 Å². The molecule has 2 N–H and O–H groups in total. The number of benzene rings is 1. The normalized spacial score (nSPS) is 13.7. The van der Waals surface area contributed by atoms with Crippen molar-refractivity contribution in [1.82, 2.24) is 9.88 Å². The number of hydrogen-bond acceptors (Lipinski definition) is 5. The highest BCUT2D eigenvalue weighted by atomic mass is 19.4. The molecule has 1 aliphatic rings. The van der Waals surface area contributed by atoms with E-state index in [2.05, 4.69) is 10.1 Å². The highest BCUT2D eigenvalue weighted by Crippen LogP contribution is 2.30. The number of aromatic hydroxyl groups is 1. The molecule has 0 fully saturated rings. The average molecular weight is 398 g/mol. The van der Waals surface area contributed by atoms with E-state index in [1.807, 2.05) is 0 Å². The summed E-state index contributed by atoms with van der Waals surface area (Å²) in [5.41, 5.74) is -0.243. The Hall–Kier alpha value is -3.01. The van der Waals surface area contributed by atoms with E-state index in [4.69, 9.17) is 4.74 Å². The Morgan fingerprint density at radius 2 is 2.00 bits per heavy atom. The maximum atomic E-state index is 13.0. The van der Waals surface area contributed by atoms with Gasteiger partial charge in [-0.25, -0.2) is 0 Å². The third kappa shape index (κ3) is 3.81. The molecule has 10 heteroatoms. The zero-order valence-electron chi connectivity index (χ0n) is 14.8.